The quantitative estimate of drug-likeness (QED) is 0.481. The third-order valence-electron chi connectivity index (χ3n) is 5.01. The van der Waals surface area contributed by atoms with Crippen molar-refractivity contribution in [3.05, 3.63) is 66.4 Å². The molecule has 0 atom stereocenters. The molecule has 0 aliphatic rings. The molecule has 4 rings (SSSR count). The number of carbonyl (C=O) groups is 1. The van der Waals surface area contributed by atoms with Crippen molar-refractivity contribution in [2.24, 2.45) is 0 Å². The number of methoxy groups -OCH3 is 2. The van der Waals surface area contributed by atoms with Gasteiger partial charge in [0, 0.05) is 23.4 Å². The van der Waals surface area contributed by atoms with Gasteiger partial charge < -0.3 is 14.8 Å². The summed E-state index contributed by atoms with van der Waals surface area (Å²) in [5.41, 5.74) is 3.43. The van der Waals surface area contributed by atoms with Crippen LogP contribution in [0.1, 0.15) is 30.2 Å². The number of benzene rings is 2. The van der Waals surface area contributed by atoms with Crippen LogP contribution in [0, 0.1) is 0 Å². The number of nitrogens with one attached hydrogen (secondary N) is 1. The minimum Gasteiger partial charge on any atom is -0.493 e. The van der Waals surface area contributed by atoms with Gasteiger partial charge in [0.05, 0.1) is 37.1 Å². The predicted molar refractivity (Wildman–Crippen MR) is 121 cm³/mol. The van der Waals surface area contributed by atoms with E-state index in [4.69, 9.17) is 14.5 Å². The van der Waals surface area contributed by atoms with Crippen molar-refractivity contribution in [1.29, 1.82) is 0 Å². The highest BCUT2D eigenvalue weighted by atomic mass is 16.5. The summed E-state index contributed by atoms with van der Waals surface area (Å²) in [6, 6.07) is 17.0. The van der Waals surface area contributed by atoms with Gasteiger partial charge in [0.15, 0.2) is 17.1 Å². The van der Waals surface area contributed by atoms with Gasteiger partial charge in [-0.05, 0) is 32.0 Å². The molecule has 2 heterocycles. The first-order valence-electron chi connectivity index (χ1n) is 9.99. The summed E-state index contributed by atoms with van der Waals surface area (Å²) in [7, 11) is 3.13. The van der Waals surface area contributed by atoms with E-state index in [1.807, 2.05) is 48.9 Å². The van der Waals surface area contributed by atoms with Crippen LogP contribution in [0.5, 0.6) is 11.5 Å². The van der Waals surface area contributed by atoms with Crippen LogP contribution in [0.3, 0.4) is 0 Å². The Balaban J connectivity index is 1.79. The van der Waals surface area contributed by atoms with Gasteiger partial charge in [-0.3, -0.25) is 4.79 Å². The Kier molecular flexibility index (Phi) is 5.58. The SMILES string of the molecule is COc1ccc(NC(=O)c2cc(-c3ccccc3)nc3c2cnn3C(C)C)cc1OC. The van der Waals surface area contributed by atoms with Crippen molar-refractivity contribution in [2.75, 3.05) is 19.5 Å². The number of anilines is 1. The molecule has 0 saturated heterocycles. The lowest BCUT2D eigenvalue weighted by molar-refractivity contribution is 0.102. The number of fused-ring (bicyclic) bond motifs is 1. The number of rotatable bonds is 6. The third kappa shape index (κ3) is 3.94. The summed E-state index contributed by atoms with van der Waals surface area (Å²) in [6.07, 6.45) is 1.70. The van der Waals surface area contributed by atoms with Crippen molar-refractivity contribution in [3.8, 4) is 22.8 Å². The van der Waals surface area contributed by atoms with E-state index in [9.17, 15) is 4.79 Å². The number of amides is 1. The maximum absolute atomic E-state index is 13.3. The number of aromatic nitrogens is 3. The largest absolute Gasteiger partial charge is 0.493 e. The molecule has 1 amide bonds. The molecule has 2 aromatic heterocycles. The second-order valence-corrected chi connectivity index (χ2v) is 7.37. The zero-order chi connectivity index (χ0) is 22.0. The molecule has 0 aliphatic carbocycles. The third-order valence-corrected chi connectivity index (χ3v) is 5.01. The Morgan fingerprint density at radius 3 is 2.42 bits per heavy atom. The first-order valence-corrected chi connectivity index (χ1v) is 9.99. The number of ether oxygens (including phenoxy) is 2. The molecule has 0 bridgehead atoms. The molecule has 0 unspecified atom stereocenters. The maximum atomic E-state index is 13.3. The van der Waals surface area contributed by atoms with E-state index in [0.717, 1.165) is 5.56 Å². The average molecular weight is 416 g/mol. The van der Waals surface area contributed by atoms with Crippen molar-refractivity contribution in [2.45, 2.75) is 19.9 Å². The standard InChI is InChI=1S/C24H24N4O3/c1-15(2)28-23-19(14-25-28)18(13-20(27-23)16-8-6-5-7-9-16)24(29)26-17-10-11-21(30-3)22(12-17)31-4/h5-15H,1-4H3,(H,26,29). The molecule has 0 radical (unpaired) electrons. The fraction of sp³-hybridized carbons (Fsp3) is 0.208. The maximum Gasteiger partial charge on any atom is 0.256 e. The smallest absolute Gasteiger partial charge is 0.256 e. The molecule has 31 heavy (non-hydrogen) atoms. The lowest BCUT2D eigenvalue weighted by Gasteiger charge is -2.12. The summed E-state index contributed by atoms with van der Waals surface area (Å²) in [4.78, 5) is 18.1. The van der Waals surface area contributed by atoms with Gasteiger partial charge in [0.25, 0.3) is 5.91 Å². The Bertz CT molecular complexity index is 1230. The Labute approximate surface area is 180 Å². The van der Waals surface area contributed by atoms with Gasteiger partial charge in [0.1, 0.15) is 0 Å². The summed E-state index contributed by atoms with van der Waals surface area (Å²) in [5, 5.41) is 8.12. The van der Waals surface area contributed by atoms with Gasteiger partial charge >= 0.3 is 0 Å². The summed E-state index contributed by atoms with van der Waals surface area (Å²) in [6.45, 7) is 4.07. The van der Waals surface area contributed by atoms with Crippen molar-refractivity contribution < 1.29 is 14.3 Å². The van der Waals surface area contributed by atoms with Gasteiger partial charge in [0.2, 0.25) is 0 Å². The van der Waals surface area contributed by atoms with Gasteiger partial charge in [-0.25, -0.2) is 9.67 Å². The number of hydrogen-bond donors (Lipinski definition) is 1. The molecule has 158 valence electrons. The highest BCUT2D eigenvalue weighted by Gasteiger charge is 2.19. The van der Waals surface area contributed by atoms with E-state index in [1.165, 1.54) is 0 Å². The monoisotopic (exact) mass is 416 g/mol. The van der Waals surface area contributed by atoms with E-state index in [2.05, 4.69) is 10.4 Å². The average Bonchev–Trinajstić information content (AvgIpc) is 3.23. The molecular formula is C24H24N4O3. The Morgan fingerprint density at radius 2 is 1.74 bits per heavy atom. The topological polar surface area (TPSA) is 78.3 Å². The molecule has 0 aliphatic heterocycles. The first-order chi connectivity index (χ1) is 15.0. The zero-order valence-electron chi connectivity index (χ0n) is 17.9. The fourth-order valence-corrected chi connectivity index (χ4v) is 3.45. The van der Waals surface area contributed by atoms with Crippen LogP contribution in [0.25, 0.3) is 22.3 Å². The summed E-state index contributed by atoms with van der Waals surface area (Å²) < 4.78 is 12.4. The van der Waals surface area contributed by atoms with E-state index in [1.54, 1.807) is 44.7 Å². The molecule has 0 saturated carbocycles. The minimum absolute atomic E-state index is 0.109. The summed E-state index contributed by atoms with van der Waals surface area (Å²) >= 11 is 0. The fourth-order valence-electron chi connectivity index (χ4n) is 3.45. The molecule has 4 aromatic rings. The van der Waals surface area contributed by atoms with Crippen molar-refractivity contribution in [1.82, 2.24) is 14.8 Å². The van der Waals surface area contributed by atoms with Crippen LogP contribution in [0.2, 0.25) is 0 Å². The Hall–Kier alpha value is -3.87. The van der Waals surface area contributed by atoms with Crippen LogP contribution < -0.4 is 14.8 Å². The molecule has 7 heteroatoms. The molecule has 2 aromatic carbocycles. The second kappa shape index (κ2) is 8.47. The number of hydrogen-bond acceptors (Lipinski definition) is 5. The lowest BCUT2D eigenvalue weighted by atomic mass is 10.1. The van der Waals surface area contributed by atoms with Gasteiger partial charge in [-0.15, -0.1) is 0 Å². The van der Waals surface area contributed by atoms with E-state index in [0.29, 0.717) is 39.5 Å². The molecule has 0 spiro atoms. The van der Waals surface area contributed by atoms with Crippen LogP contribution in [-0.2, 0) is 0 Å². The van der Waals surface area contributed by atoms with Crippen molar-refractivity contribution >= 4 is 22.6 Å². The minimum atomic E-state index is -0.250. The Morgan fingerprint density at radius 1 is 1.00 bits per heavy atom. The number of nitrogens with zero attached hydrogens (tertiary/aromatic N) is 3. The zero-order valence-corrected chi connectivity index (χ0v) is 17.9. The second-order valence-electron chi connectivity index (χ2n) is 7.37. The van der Waals surface area contributed by atoms with Crippen LogP contribution in [-0.4, -0.2) is 34.9 Å². The van der Waals surface area contributed by atoms with Crippen LogP contribution in [0.4, 0.5) is 5.69 Å². The molecule has 1 N–H and O–H groups in total. The van der Waals surface area contributed by atoms with Gasteiger partial charge in [-0.2, -0.15) is 5.10 Å². The first kappa shape index (κ1) is 20.4. The van der Waals surface area contributed by atoms with Crippen molar-refractivity contribution in [3.63, 3.8) is 0 Å². The highest BCUT2D eigenvalue weighted by molar-refractivity contribution is 6.12. The van der Waals surface area contributed by atoms with E-state index in [-0.39, 0.29) is 11.9 Å². The molecule has 7 nitrogen and oxygen atoms in total. The van der Waals surface area contributed by atoms with Crippen LogP contribution >= 0.6 is 0 Å². The normalized spacial score (nSPS) is 11.0. The lowest BCUT2D eigenvalue weighted by Crippen LogP contribution is -2.13. The van der Waals surface area contributed by atoms with E-state index >= 15 is 0 Å². The molecular weight excluding hydrogens is 392 g/mol. The highest BCUT2D eigenvalue weighted by Crippen LogP contribution is 2.31. The van der Waals surface area contributed by atoms with Crippen LogP contribution in [0.15, 0.2) is 60.8 Å². The number of carbonyl (C=O) groups excluding carboxylic acids is 1. The summed E-state index contributed by atoms with van der Waals surface area (Å²) in [5.74, 6) is 0.884. The van der Waals surface area contributed by atoms with Gasteiger partial charge in [-0.1, -0.05) is 30.3 Å². The number of pyridine rings is 1. The molecule has 0 fully saturated rings. The predicted octanol–water partition coefficient (Wildman–Crippen LogP) is 4.95. The van der Waals surface area contributed by atoms with E-state index < -0.39 is 0 Å².